The molecule has 1 aliphatic heterocycles. The summed E-state index contributed by atoms with van der Waals surface area (Å²) >= 11 is 0. The first-order chi connectivity index (χ1) is 10.7. The number of imide groups is 1. The van der Waals surface area contributed by atoms with Gasteiger partial charge in [-0.2, -0.15) is 13.2 Å². The molecule has 8 heteroatoms. The van der Waals surface area contributed by atoms with E-state index in [0.717, 1.165) is 12.1 Å². The van der Waals surface area contributed by atoms with Crippen molar-refractivity contribution in [2.75, 3.05) is 0 Å². The summed E-state index contributed by atoms with van der Waals surface area (Å²) in [7, 11) is 0. The number of halogens is 3. The highest BCUT2D eigenvalue weighted by Gasteiger charge is 2.36. The number of benzene rings is 1. The van der Waals surface area contributed by atoms with Gasteiger partial charge in [0, 0.05) is 0 Å². The summed E-state index contributed by atoms with van der Waals surface area (Å²) in [5.74, 6) is -2.77. The summed E-state index contributed by atoms with van der Waals surface area (Å²) in [5.41, 5.74) is -0.458. The second kappa shape index (κ2) is 6.39. The summed E-state index contributed by atoms with van der Waals surface area (Å²) < 4.78 is 42.6. The van der Waals surface area contributed by atoms with E-state index in [-0.39, 0.29) is 12.8 Å². The highest BCUT2D eigenvalue weighted by molar-refractivity contribution is 6.05. The van der Waals surface area contributed by atoms with Gasteiger partial charge < -0.3 is 4.74 Å². The molecular weight excluding hydrogens is 315 g/mol. The van der Waals surface area contributed by atoms with Gasteiger partial charge in [-0.15, -0.1) is 0 Å². The summed E-state index contributed by atoms with van der Waals surface area (Å²) in [6, 6.07) is 4.18. The highest BCUT2D eigenvalue weighted by atomic mass is 19.4. The van der Waals surface area contributed by atoms with Crippen molar-refractivity contribution in [2.45, 2.75) is 38.0 Å². The molecule has 0 spiro atoms. The quantitative estimate of drug-likeness (QED) is 0.679. The van der Waals surface area contributed by atoms with Gasteiger partial charge >= 0.3 is 12.1 Å². The zero-order chi connectivity index (χ0) is 17.2. The monoisotopic (exact) mass is 329 g/mol. The van der Waals surface area contributed by atoms with Gasteiger partial charge in [0.2, 0.25) is 5.91 Å². The van der Waals surface area contributed by atoms with Crippen molar-refractivity contribution in [3.63, 3.8) is 0 Å². The van der Waals surface area contributed by atoms with Gasteiger partial charge in [-0.1, -0.05) is 19.1 Å². The Morgan fingerprint density at radius 1 is 1.30 bits per heavy atom. The van der Waals surface area contributed by atoms with Crippen LogP contribution in [0.2, 0.25) is 0 Å². The molecule has 2 amide bonds. The summed E-state index contributed by atoms with van der Waals surface area (Å²) in [4.78, 5) is 34.6. The van der Waals surface area contributed by atoms with Gasteiger partial charge in [0.15, 0.2) is 6.10 Å². The number of carbonyl (C=O) groups is 3. The number of esters is 1. The minimum Gasteiger partial charge on any atom is -0.451 e. The van der Waals surface area contributed by atoms with Crippen LogP contribution in [0.1, 0.15) is 36.8 Å². The Hall–Kier alpha value is -2.38. The van der Waals surface area contributed by atoms with E-state index in [2.05, 4.69) is 0 Å². The molecule has 0 bridgehead atoms. The van der Waals surface area contributed by atoms with E-state index in [1.165, 1.54) is 12.1 Å². The Morgan fingerprint density at radius 2 is 1.91 bits per heavy atom. The van der Waals surface area contributed by atoms with E-state index in [1.54, 1.807) is 6.92 Å². The molecule has 0 aromatic heterocycles. The predicted octanol–water partition coefficient (Wildman–Crippen LogP) is 2.16. The third-order valence-corrected chi connectivity index (χ3v) is 3.52. The standard InChI is InChI=1S/C15H14F3NO4/c1-2-10(8-3-5-9(6-4-8)15(16,17)18)14(22)23-11-7-12(20)19-13(11)21/h3-6,10-11H,2,7H2,1H3,(H,19,20,21). The molecule has 1 aliphatic rings. The number of rotatable bonds is 4. The van der Waals surface area contributed by atoms with Crippen LogP contribution in [0.25, 0.3) is 0 Å². The van der Waals surface area contributed by atoms with E-state index in [9.17, 15) is 27.6 Å². The topological polar surface area (TPSA) is 72.5 Å². The fourth-order valence-corrected chi connectivity index (χ4v) is 2.29. The summed E-state index contributed by atoms with van der Waals surface area (Å²) in [6.07, 6.45) is -5.60. The summed E-state index contributed by atoms with van der Waals surface area (Å²) in [5, 5.41) is 2.01. The van der Waals surface area contributed by atoms with Gasteiger partial charge in [0.05, 0.1) is 17.9 Å². The SMILES string of the molecule is CCC(C(=O)OC1CC(=O)NC1=O)c1ccc(C(F)(F)F)cc1. The van der Waals surface area contributed by atoms with Crippen LogP contribution in [0.15, 0.2) is 24.3 Å². The molecule has 1 fully saturated rings. The van der Waals surface area contributed by atoms with Gasteiger partial charge in [-0.25, -0.2) is 0 Å². The van der Waals surface area contributed by atoms with Crippen LogP contribution in [0.3, 0.4) is 0 Å². The number of ether oxygens (including phenoxy) is 1. The Labute approximate surface area is 129 Å². The third kappa shape index (κ3) is 3.88. The molecular formula is C15H14F3NO4. The normalized spacial score (nSPS) is 19.4. The van der Waals surface area contributed by atoms with Gasteiger partial charge in [-0.05, 0) is 24.1 Å². The molecule has 1 aromatic carbocycles. The van der Waals surface area contributed by atoms with Crippen LogP contribution < -0.4 is 5.32 Å². The van der Waals surface area contributed by atoms with E-state index in [0.29, 0.717) is 5.56 Å². The molecule has 2 rings (SSSR count). The highest BCUT2D eigenvalue weighted by Crippen LogP contribution is 2.31. The molecule has 124 valence electrons. The van der Waals surface area contributed by atoms with Crippen molar-refractivity contribution in [1.29, 1.82) is 0 Å². The van der Waals surface area contributed by atoms with Crippen LogP contribution in [-0.4, -0.2) is 23.9 Å². The van der Waals surface area contributed by atoms with E-state index in [4.69, 9.17) is 4.74 Å². The average Bonchev–Trinajstić information content (AvgIpc) is 2.77. The number of amides is 2. The van der Waals surface area contributed by atoms with Crippen LogP contribution in [0, 0.1) is 0 Å². The number of hydrogen-bond donors (Lipinski definition) is 1. The van der Waals surface area contributed by atoms with Crippen molar-refractivity contribution in [2.24, 2.45) is 0 Å². The first kappa shape index (κ1) is 17.0. The Bertz CT molecular complexity index is 625. The molecule has 2 atom stereocenters. The Morgan fingerprint density at radius 3 is 2.35 bits per heavy atom. The second-order valence-corrected chi connectivity index (χ2v) is 5.12. The minimum atomic E-state index is -4.46. The van der Waals surface area contributed by atoms with Crippen LogP contribution in [-0.2, 0) is 25.3 Å². The first-order valence-corrected chi connectivity index (χ1v) is 6.93. The minimum absolute atomic E-state index is 0.242. The molecule has 1 saturated heterocycles. The van der Waals surface area contributed by atoms with E-state index >= 15 is 0 Å². The fraction of sp³-hybridized carbons (Fsp3) is 0.400. The molecule has 1 heterocycles. The molecule has 0 saturated carbocycles. The zero-order valence-electron chi connectivity index (χ0n) is 12.1. The largest absolute Gasteiger partial charge is 0.451 e. The van der Waals surface area contributed by atoms with Crippen molar-refractivity contribution < 1.29 is 32.3 Å². The Balaban J connectivity index is 2.11. The fourth-order valence-electron chi connectivity index (χ4n) is 2.29. The van der Waals surface area contributed by atoms with E-state index in [1.807, 2.05) is 5.32 Å². The van der Waals surface area contributed by atoms with Gasteiger partial charge in [0.1, 0.15) is 0 Å². The maximum Gasteiger partial charge on any atom is 0.416 e. The molecule has 2 unspecified atom stereocenters. The van der Waals surface area contributed by atoms with Crippen LogP contribution >= 0.6 is 0 Å². The van der Waals surface area contributed by atoms with Crippen molar-refractivity contribution in [3.8, 4) is 0 Å². The number of carbonyl (C=O) groups excluding carboxylic acids is 3. The maximum atomic E-state index is 12.5. The van der Waals surface area contributed by atoms with Gasteiger partial charge in [0.25, 0.3) is 5.91 Å². The molecule has 0 radical (unpaired) electrons. The second-order valence-electron chi connectivity index (χ2n) is 5.12. The number of hydrogen-bond acceptors (Lipinski definition) is 4. The average molecular weight is 329 g/mol. The summed E-state index contributed by atoms with van der Waals surface area (Å²) in [6.45, 7) is 1.67. The van der Waals surface area contributed by atoms with Crippen LogP contribution in [0.5, 0.6) is 0 Å². The van der Waals surface area contributed by atoms with Crippen molar-refractivity contribution in [1.82, 2.24) is 5.32 Å². The van der Waals surface area contributed by atoms with Crippen molar-refractivity contribution >= 4 is 17.8 Å². The maximum absolute atomic E-state index is 12.5. The molecule has 23 heavy (non-hydrogen) atoms. The molecule has 1 N–H and O–H groups in total. The molecule has 5 nitrogen and oxygen atoms in total. The van der Waals surface area contributed by atoms with Gasteiger partial charge in [-0.3, -0.25) is 19.7 Å². The first-order valence-electron chi connectivity index (χ1n) is 6.93. The van der Waals surface area contributed by atoms with Crippen LogP contribution in [0.4, 0.5) is 13.2 Å². The lowest BCUT2D eigenvalue weighted by Gasteiger charge is -2.17. The van der Waals surface area contributed by atoms with Crippen molar-refractivity contribution in [3.05, 3.63) is 35.4 Å². The van der Waals surface area contributed by atoms with E-state index < -0.39 is 41.5 Å². The smallest absolute Gasteiger partial charge is 0.416 e. The lowest BCUT2D eigenvalue weighted by Crippen LogP contribution is -2.30. The lowest BCUT2D eigenvalue weighted by atomic mass is 9.95. The zero-order valence-corrected chi connectivity index (χ0v) is 12.1. The number of alkyl halides is 3. The lowest BCUT2D eigenvalue weighted by molar-refractivity contribution is -0.155. The molecule has 1 aromatic rings. The molecule has 0 aliphatic carbocycles. The third-order valence-electron chi connectivity index (χ3n) is 3.52. The predicted molar refractivity (Wildman–Crippen MR) is 72.1 cm³/mol. The number of nitrogens with one attached hydrogen (secondary N) is 1. The Kier molecular flexibility index (Phi) is 4.72.